The van der Waals surface area contributed by atoms with Crippen LogP contribution >= 0.6 is 0 Å². The lowest BCUT2D eigenvalue weighted by Gasteiger charge is -2.17. The van der Waals surface area contributed by atoms with Gasteiger partial charge in [-0.25, -0.2) is 9.59 Å². The molecule has 0 unspecified atom stereocenters. The summed E-state index contributed by atoms with van der Waals surface area (Å²) in [5.41, 5.74) is 5.01. The fourth-order valence-corrected chi connectivity index (χ4v) is 3.90. The molecule has 0 aromatic heterocycles. The number of aliphatic carboxylic acids is 1. The highest BCUT2D eigenvalue weighted by Gasteiger charge is 2.29. The van der Waals surface area contributed by atoms with Gasteiger partial charge in [0.05, 0.1) is 0 Å². The second-order valence-corrected chi connectivity index (χ2v) is 7.23. The molecule has 1 aliphatic rings. The molecule has 0 aliphatic heterocycles. The minimum absolute atomic E-state index is 0.0356. The summed E-state index contributed by atoms with van der Waals surface area (Å²) >= 11 is 0. The first-order chi connectivity index (χ1) is 14.5. The topological polar surface area (TPSA) is 95.9 Å². The zero-order valence-corrected chi connectivity index (χ0v) is 16.1. The smallest absolute Gasteiger partial charge is 0.407 e. The highest BCUT2D eigenvalue weighted by Crippen LogP contribution is 2.44. The van der Waals surface area contributed by atoms with Gasteiger partial charge in [-0.3, -0.25) is 0 Å². The third-order valence-electron chi connectivity index (χ3n) is 5.28. The van der Waals surface area contributed by atoms with Crippen molar-refractivity contribution in [1.29, 1.82) is 0 Å². The molecule has 0 heterocycles. The molecule has 0 bridgehead atoms. The van der Waals surface area contributed by atoms with Gasteiger partial charge in [-0.1, -0.05) is 60.7 Å². The summed E-state index contributed by atoms with van der Waals surface area (Å²) in [6.07, 6.45) is -0.752. The Balaban J connectivity index is 1.43. The van der Waals surface area contributed by atoms with E-state index in [2.05, 4.69) is 5.32 Å². The number of phenols is 1. The van der Waals surface area contributed by atoms with Crippen LogP contribution in [0.1, 0.15) is 22.6 Å². The van der Waals surface area contributed by atoms with Gasteiger partial charge in [-0.2, -0.15) is 0 Å². The van der Waals surface area contributed by atoms with E-state index in [4.69, 9.17) is 4.74 Å². The number of benzene rings is 3. The minimum atomic E-state index is -1.17. The van der Waals surface area contributed by atoms with Crippen molar-refractivity contribution in [2.45, 2.75) is 18.4 Å². The minimum Gasteiger partial charge on any atom is -0.508 e. The van der Waals surface area contributed by atoms with Crippen LogP contribution in [-0.4, -0.2) is 34.9 Å². The van der Waals surface area contributed by atoms with Crippen molar-refractivity contribution in [1.82, 2.24) is 5.32 Å². The van der Waals surface area contributed by atoms with Gasteiger partial charge in [0.2, 0.25) is 0 Å². The number of carbonyl (C=O) groups excluding carboxylic acids is 1. The van der Waals surface area contributed by atoms with Crippen molar-refractivity contribution in [3.05, 3.63) is 89.5 Å². The number of ether oxygens (including phenoxy) is 1. The molecule has 0 fully saturated rings. The lowest BCUT2D eigenvalue weighted by Crippen LogP contribution is -2.42. The number of hydrogen-bond donors (Lipinski definition) is 3. The van der Waals surface area contributed by atoms with Gasteiger partial charge in [-0.15, -0.1) is 0 Å². The molecule has 0 radical (unpaired) electrons. The zero-order chi connectivity index (χ0) is 21.1. The number of aromatic hydroxyl groups is 1. The van der Waals surface area contributed by atoms with Crippen LogP contribution in [0.2, 0.25) is 0 Å². The van der Waals surface area contributed by atoms with Crippen LogP contribution in [0, 0.1) is 0 Å². The molecule has 1 amide bonds. The molecule has 0 spiro atoms. The average molecular weight is 403 g/mol. The van der Waals surface area contributed by atoms with E-state index >= 15 is 0 Å². The van der Waals surface area contributed by atoms with Gasteiger partial charge in [0.15, 0.2) is 0 Å². The molecule has 3 aromatic carbocycles. The fourth-order valence-electron chi connectivity index (χ4n) is 3.90. The Labute approximate surface area is 173 Å². The molecule has 6 heteroatoms. The number of phenolic OH excluding ortho intramolecular Hbond substituents is 1. The Hall–Kier alpha value is -3.80. The highest BCUT2D eigenvalue weighted by molar-refractivity contribution is 5.81. The summed E-state index contributed by atoms with van der Waals surface area (Å²) in [6.45, 7) is 0.109. The number of alkyl carbamates (subject to hydrolysis) is 1. The lowest BCUT2D eigenvalue weighted by atomic mass is 9.98. The molecule has 30 heavy (non-hydrogen) atoms. The summed E-state index contributed by atoms with van der Waals surface area (Å²) in [5.74, 6) is -1.23. The summed E-state index contributed by atoms with van der Waals surface area (Å²) in [7, 11) is 0. The predicted molar refractivity (Wildman–Crippen MR) is 111 cm³/mol. The molecule has 3 aromatic rings. The van der Waals surface area contributed by atoms with E-state index in [1.165, 1.54) is 12.1 Å². The first-order valence-electron chi connectivity index (χ1n) is 9.65. The number of carbonyl (C=O) groups is 2. The Morgan fingerprint density at radius 1 is 0.933 bits per heavy atom. The molecule has 1 atom stereocenters. The van der Waals surface area contributed by atoms with Gasteiger partial charge in [0.25, 0.3) is 0 Å². The maximum Gasteiger partial charge on any atom is 0.407 e. The SMILES string of the molecule is O=C(N[C@H](Cc1cccc(O)c1)C(=O)O)OCC1c2ccccc2-c2ccccc21. The second-order valence-electron chi connectivity index (χ2n) is 7.23. The van der Waals surface area contributed by atoms with Crippen LogP contribution in [0.25, 0.3) is 11.1 Å². The van der Waals surface area contributed by atoms with Crippen LogP contribution in [0.15, 0.2) is 72.8 Å². The van der Waals surface area contributed by atoms with Crippen molar-refractivity contribution in [2.24, 2.45) is 0 Å². The lowest BCUT2D eigenvalue weighted by molar-refractivity contribution is -0.139. The van der Waals surface area contributed by atoms with Crippen LogP contribution < -0.4 is 5.32 Å². The summed E-state index contributed by atoms with van der Waals surface area (Å²) in [4.78, 5) is 23.9. The third-order valence-corrected chi connectivity index (χ3v) is 5.28. The Morgan fingerprint density at radius 2 is 1.57 bits per heavy atom. The Bertz CT molecular complexity index is 1050. The fraction of sp³-hybridized carbons (Fsp3) is 0.167. The van der Waals surface area contributed by atoms with Crippen molar-refractivity contribution in [2.75, 3.05) is 6.61 Å². The second kappa shape index (κ2) is 8.29. The molecule has 0 saturated heterocycles. The number of fused-ring (bicyclic) bond motifs is 3. The van der Waals surface area contributed by atoms with Gasteiger partial charge >= 0.3 is 12.1 Å². The molecular weight excluding hydrogens is 382 g/mol. The maximum absolute atomic E-state index is 12.3. The van der Waals surface area contributed by atoms with Crippen molar-refractivity contribution in [3.8, 4) is 16.9 Å². The van der Waals surface area contributed by atoms with E-state index < -0.39 is 18.1 Å². The van der Waals surface area contributed by atoms with Crippen molar-refractivity contribution in [3.63, 3.8) is 0 Å². The Kier molecular flexibility index (Phi) is 5.39. The van der Waals surface area contributed by atoms with E-state index in [0.29, 0.717) is 5.56 Å². The highest BCUT2D eigenvalue weighted by atomic mass is 16.5. The number of nitrogens with one attached hydrogen (secondary N) is 1. The predicted octanol–water partition coefficient (Wildman–Crippen LogP) is 3.93. The zero-order valence-electron chi connectivity index (χ0n) is 16.1. The van der Waals surface area contributed by atoms with E-state index in [0.717, 1.165) is 22.3 Å². The standard InChI is InChI=1S/C24H21NO5/c26-16-7-5-6-15(12-16)13-22(23(27)28)25-24(29)30-14-21-19-10-3-1-8-17(19)18-9-2-4-11-20(18)21/h1-12,21-22,26H,13-14H2,(H,25,29)(H,27,28)/t22-/m1/s1. The molecule has 152 valence electrons. The summed E-state index contributed by atoms with van der Waals surface area (Å²) in [5, 5.41) is 21.4. The maximum atomic E-state index is 12.3. The van der Waals surface area contributed by atoms with E-state index in [-0.39, 0.29) is 24.7 Å². The first-order valence-corrected chi connectivity index (χ1v) is 9.65. The number of carboxylic acids is 1. The number of rotatable bonds is 6. The monoisotopic (exact) mass is 403 g/mol. The quantitative estimate of drug-likeness (QED) is 0.580. The molecular formula is C24H21NO5. The largest absolute Gasteiger partial charge is 0.508 e. The van der Waals surface area contributed by atoms with Crippen LogP contribution in [0.5, 0.6) is 5.75 Å². The molecule has 6 nitrogen and oxygen atoms in total. The van der Waals surface area contributed by atoms with Crippen molar-refractivity contribution >= 4 is 12.1 Å². The molecule has 0 saturated carbocycles. The Morgan fingerprint density at radius 3 is 2.17 bits per heavy atom. The van der Waals surface area contributed by atoms with Crippen LogP contribution in [-0.2, 0) is 16.0 Å². The summed E-state index contributed by atoms with van der Waals surface area (Å²) < 4.78 is 5.42. The van der Waals surface area contributed by atoms with Gasteiger partial charge in [-0.05, 0) is 39.9 Å². The third kappa shape index (κ3) is 3.98. The molecule has 3 N–H and O–H groups in total. The number of carboxylic acid groups (broad SMARTS) is 1. The van der Waals surface area contributed by atoms with E-state index in [9.17, 15) is 19.8 Å². The summed E-state index contributed by atoms with van der Waals surface area (Å²) in [6, 6.07) is 21.1. The van der Waals surface area contributed by atoms with Crippen molar-refractivity contribution < 1.29 is 24.5 Å². The molecule has 4 rings (SSSR count). The van der Waals surface area contributed by atoms with Gasteiger partial charge in [0.1, 0.15) is 18.4 Å². The van der Waals surface area contributed by atoms with Crippen LogP contribution in [0.4, 0.5) is 4.79 Å². The number of hydrogen-bond acceptors (Lipinski definition) is 4. The first kappa shape index (κ1) is 19.5. The van der Waals surface area contributed by atoms with Crippen LogP contribution in [0.3, 0.4) is 0 Å². The van der Waals surface area contributed by atoms with E-state index in [1.54, 1.807) is 12.1 Å². The molecule has 1 aliphatic carbocycles. The van der Waals surface area contributed by atoms with Gasteiger partial charge in [0, 0.05) is 12.3 Å². The average Bonchev–Trinajstić information content (AvgIpc) is 3.06. The number of amides is 1. The van der Waals surface area contributed by atoms with Gasteiger partial charge < -0.3 is 20.3 Å². The van der Waals surface area contributed by atoms with E-state index in [1.807, 2.05) is 48.5 Å². The normalized spacial score (nSPS) is 13.2.